The smallest absolute Gasteiger partial charge is 0.462 e. The molecule has 0 aromatic carbocycles. The largest absolute Gasteiger partial charge is 0.472 e. The maximum absolute atomic E-state index is 13.0. The molecule has 3 unspecified atom stereocenters. The van der Waals surface area contributed by atoms with Gasteiger partial charge in [0.15, 0.2) is 12.2 Å². The number of allylic oxidation sites excluding steroid dienone is 8. The molecule has 0 aromatic rings. The highest BCUT2D eigenvalue weighted by molar-refractivity contribution is 7.47. The van der Waals surface area contributed by atoms with Crippen molar-refractivity contribution in [3.05, 3.63) is 48.6 Å². The monoisotopic (exact) mass is 1340 g/mol. The van der Waals surface area contributed by atoms with Crippen molar-refractivity contribution in [3.63, 3.8) is 0 Å². The Bertz CT molecular complexity index is 1970. The van der Waals surface area contributed by atoms with Crippen molar-refractivity contribution in [1.29, 1.82) is 0 Å². The van der Waals surface area contributed by atoms with E-state index in [-0.39, 0.29) is 25.7 Å². The number of hydrogen-bond acceptors (Lipinski definition) is 15. The topological polar surface area (TPSA) is 237 Å². The van der Waals surface area contributed by atoms with Gasteiger partial charge in [-0.2, -0.15) is 0 Å². The van der Waals surface area contributed by atoms with E-state index in [0.29, 0.717) is 31.6 Å². The first kappa shape index (κ1) is 89.0. The Morgan fingerprint density at radius 3 is 0.880 bits per heavy atom. The van der Waals surface area contributed by atoms with Gasteiger partial charge in [0.1, 0.15) is 19.3 Å². The third-order valence-electron chi connectivity index (χ3n) is 15.7. The molecule has 0 radical (unpaired) electrons. The zero-order valence-electron chi connectivity index (χ0n) is 58.8. The zero-order valence-corrected chi connectivity index (χ0v) is 60.6. The first-order chi connectivity index (χ1) is 44.4. The van der Waals surface area contributed by atoms with Gasteiger partial charge in [-0.25, -0.2) is 9.13 Å². The summed E-state index contributed by atoms with van der Waals surface area (Å²) in [4.78, 5) is 72.6. The molecule has 0 aromatic heterocycles. The van der Waals surface area contributed by atoms with Crippen molar-refractivity contribution in [1.82, 2.24) is 0 Å². The number of phosphoric acid groups is 2. The average molecular weight is 1350 g/mol. The molecule has 0 fully saturated rings. The van der Waals surface area contributed by atoms with Gasteiger partial charge < -0.3 is 33.8 Å². The molecule has 0 heterocycles. The molecule has 19 heteroatoms. The van der Waals surface area contributed by atoms with Crippen LogP contribution in [0.3, 0.4) is 0 Å². The van der Waals surface area contributed by atoms with Crippen LogP contribution in [0, 0.1) is 11.8 Å². The lowest BCUT2D eigenvalue weighted by atomic mass is 10.0. The molecule has 17 nitrogen and oxygen atoms in total. The number of unbranched alkanes of at least 4 members (excludes halogenated alkanes) is 32. The second-order valence-corrected chi connectivity index (χ2v) is 28.8. The lowest BCUT2D eigenvalue weighted by molar-refractivity contribution is -0.161. The molecule has 0 aliphatic rings. The number of rotatable bonds is 68. The number of esters is 4. The molecule has 0 spiro atoms. The molecule has 0 aliphatic carbocycles. The minimum Gasteiger partial charge on any atom is -0.462 e. The fraction of sp³-hybridized carbons (Fsp3) is 0.836. The van der Waals surface area contributed by atoms with Crippen molar-refractivity contribution >= 4 is 39.5 Å². The van der Waals surface area contributed by atoms with E-state index in [1.165, 1.54) is 103 Å². The number of ether oxygens (including phenoxy) is 4. The summed E-state index contributed by atoms with van der Waals surface area (Å²) >= 11 is 0. The van der Waals surface area contributed by atoms with E-state index >= 15 is 0 Å². The van der Waals surface area contributed by atoms with Crippen molar-refractivity contribution in [3.8, 4) is 0 Å². The first-order valence-corrected chi connectivity index (χ1v) is 39.6. The van der Waals surface area contributed by atoms with Gasteiger partial charge in [-0.3, -0.25) is 37.3 Å². The summed E-state index contributed by atoms with van der Waals surface area (Å²) in [6.07, 6.45) is 55.8. The molecule has 0 saturated heterocycles. The highest BCUT2D eigenvalue weighted by Crippen LogP contribution is 2.45. The Morgan fingerprint density at radius 2 is 0.587 bits per heavy atom. The van der Waals surface area contributed by atoms with Crippen LogP contribution in [0.15, 0.2) is 48.6 Å². The van der Waals surface area contributed by atoms with E-state index in [0.717, 1.165) is 134 Å². The highest BCUT2D eigenvalue weighted by Gasteiger charge is 2.30. The first-order valence-electron chi connectivity index (χ1n) is 36.6. The molecular formula is C73H134O17P2. The Labute approximate surface area is 559 Å². The Morgan fingerprint density at radius 1 is 0.337 bits per heavy atom. The number of aliphatic hydroxyl groups excluding tert-OH is 1. The van der Waals surface area contributed by atoms with E-state index in [4.69, 9.17) is 37.0 Å². The Hall–Kier alpha value is -2.98. The molecule has 5 atom stereocenters. The standard InChI is InChI=1S/C73H134O17P2/c1-7-9-11-13-15-17-19-21-23-25-27-31-37-43-49-55-70(75)83-61-68(89-72(77)57-51-45-38-32-28-26-24-22-20-18-16-14-12-10-8-2)63-87-91(79,80)85-59-67(74)60-86-92(81,82)88-64-69(62-84-71(76)56-50-44-40-34-36-42-48-54-66(5)6)90-73(78)58-52-46-39-33-29-30-35-41-47-53-65(3)4/h17-24,65-69,74H,7-16,25-64H2,1-6H3,(H,79,80)(H,81,82)/b19-17-,20-18-,23-21-,24-22-/t67?,68-,69-/m1/s1. The molecular weight excluding hydrogens is 1210 g/mol. The average Bonchev–Trinajstić information content (AvgIpc) is 1.80. The number of phosphoric ester groups is 2. The summed E-state index contributed by atoms with van der Waals surface area (Å²) < 4.78 is 68.3. The maximum atomic E-state index is 13.0. The summed E-state index contributed by atoms with van der Waals surface area (Å²) in [7, 11) is -9.93. The van der Waals surface area contributed by atoms with E-state index in [1.54, 1.807) is 0 Å². The number of aliphatic hydroxyl groups is 1. The van der Waals surface area contributed by atoms with Crippen LogP contribution in [0.4, 0.5) is 0 Å². The summed E-state index contributed by atoms with van der Waals surface area (Å²) in [5, 5.41) is 10.6. The molecule has 538 valence electrons. The summed E-state index contributed by atoms with van der Waals surface area (Å²) in [5.41, 5.74) is 0. The van der Waals surface area contributed by atoms with E-state index in [2.05, 4.69) is 90.2 Å². The highest BCUT2D eigenvalue weighted by atomic mass is 31.2. The van der Waals surface area contributed by atoms with Crippen molar-refractivity contribution in [2.24, 2.45) is 11.8 Å². The molecule has 0 rings (SSSR count). The predicted octanol–water partition coefficient (Wildman–Crippen LogP) is 20.3. The fourth-order valence-electron chi connectivity index (χ4n) is 10.0. The van der Waals surface area contributed by atoms with Gasteiger partial charge in [-0.05, 0) is 88.9 Å². The summed E-state index contributed by atoms with van der Waals surface area (Å²) in [6, 6.07) is 0. The van der Waals surface area contributed by atoms with Gasteiger partial charge >= 0.3 is 39.5 Å². The van der Waals surface area contributed by atoms with Gasteiger partial charge in [-0.15, -0.1) is 0 Å². The minimum absolute atomic E-state index is 0.0778. The van der Waals surface area contributed by atoms with Crippen LogP contribution in [0.5, 0.6) is 0 Å². The van der Waals surface area contributed by atoms with E-state index < -0.39 is 97.5 Å². The van der Waals surface area contributed by atoms with Crippen LogP contribution in [0.25, 0.3) is 0 Å². The van der Waals surface area contributed by atoms with Crippen LogP contribution in [0.1, 0.15) is 324 Å². The van der Waals surface area contributed by atoms with Crippen molar-refractivity contribution < 1.29 is 80.2 Å². The lowest BCUT2D eigenvalue weighted by Crippen LogP contribution is -2.30. The third kappa shape index (κ3) is 65.7. The zero-order chi connectivity index (χ0) is 67.9. The molecule has 0 aliphatic heterocycles. The van der Waals surface area contributed by atoms with Crippen LogP contribution in [0.2, 0.25) is 0 Å². The van der Waals surface area contributed by atoms with Crippen LogP contribution < -0.4 is 0 Å². The van der Waals surface area contributed by atoms with Crippen LogP contribution >= 0.6 is 15.6 Å². The molecule has 3 N–H and O–H groups in total. The quantitative estimate of drug-likeness (QED) is 0.0169. The van der Waals surface area contributed by atoms with Crippen LogP contribution in [-0.4, -0.2) is 96.7 Å². The summed E-state index contributed by atoms with van der Waals surface area (Å²) in [5.74, 6) is -0.749. The number of carbonyl (C=O) groups excluding carboxylic acids is 4. The fourth-order valence-corrected chi connectivity index (χ4v) is 11.6. The van der Waals surface area contributed by atoms with Crippen molar-refractivity contribution in [2.75, 3.05) is 39.6 Å². The van der Waals surface area contributed by atoms with Gasteiger partial charge in [0.25, 0.3) is 0 Å². The second kappa shape index (κ2) is 64.0. The molecule has 0 saturated carbocycles. The van der Waals surface area contributed by atoms with Gasteiger partial charge in [-0.1, -0.05) is 270 Å². The third-order valence-corrected chi connectivity index (χ3v) is 17.6. The SMILES string of the molecule is CCCCCC/C=C\C=C/CCCCCCCC(=O)OC[C@H](COP(=O)(O)OCC(O)COP(=O)(O)OC[C@@H](COC(=O)CCCCCCCCCC(C)C)OC(=O)CCCCCCCCCCCC(C)C)OC(=O)CCCCCCC/C=C\C=C/CCCCCC. The number of carbonyl (C=O) groups is 4. The van der Waals surface area contributed by atoms with Gasteiger partial charge in [0, 0.05) is 25.7 Å². The summed E-state index contributed by atoms with van der Waals surface area (Å²) in [6.45, 7) is 9.35. The van der Waals surface area contributed by atoms with E-state index in [1.807, 2.05) is 0 Å². The van der Waals surface area contributed by atoms with Gasteiger partial charge in [0.05, 0.1) is 26.4 Å². The molecule has 0 bridgehead atoms. The Kier molecular flexibility index (Phi) is 62.0. The normalized spacial score (nSPS) is 14.4. The molecule has 92 heavy (non-hydrogen) atoms. The minimum atomic E-state index is -4.97. The van der Waals surface area contributed by atoms with E-state index in [9.17, 15) is 43.2 Å². The predicted molar refractivity (Wildman–Crippen MR) is 372 cm³/mol. The molecule has 0 amide bonds. The van der Waals surface area contributed by atoms with Crippen LogP contribution in [-0.2, 0) is 65.4 Å². The maximum Gasteiger partial charge on any atom is 0.472 e. The van der Waals surface area contributed by atoms with Crippen molar-refractivity contribution in [2.45, 2.75) is 342 Å². The second-order valence-electron chi connectivity index (χ2n) is 25.9. The lowest BCUT2D eigenvalue weighted by Gasteiger charge is -2.21. The number of hydrogen-bond donors (Lipinski definition) is 3. The Balaban J connectivity index is 5.33. The van der Waals surface area contributed by atoms with Gasteiger partial charge in [0.2, 0.25) is 0 Å².